The highest BCUT2D eigenvalue weighted by molar-refractivity contribution is 6.35. The zero-order valence-corrected chi connectivity index (χ0v) is 12.0. The largest absolute Gasteiger partial charge is 0.396 e. The predicted octanol–water partition coefficient (Wildman–Crippen LogP) is 2.23. The van der Waals surface area contributed by atoms with E-state index in [9.17, 15) is 9.90 Å². The fourth-order valence-electron chi connectivity index (χ4n) is 2.77. The third kappa shape index (κ3) is 2.04. The molecule has 0 aliphatic heterocycles. The fourth-order valence-corrected chi connectivity index (χ4v) is 3.00. The number of aliphatic hydroxyl groups excluding tert-OH is 1. The molecule has 106 valence electrons. The number of nitrogens with two attached hydrogens (primary N) is 1. The van der Waals surface area contributed by atoms with E-state index in [1.54, 1.807) is 22.8 Å². The molecule has 20 heavy (non-hydrogen) atoms. The quantitative estimate of drug-likeness (QED) is 0.911. The van der Waals surface area contributed by atoms with Crippen LogP contribution in [0.1, 0.15) is 31.1 Å². The molecular weight excluding hydrogens is 276 g/mol. The van der Waals surface area contributed by atoms with Gasteiger partial charge in [-0.2, -0.15) is 0 Å². The maximum Gasteiger partial charge on any atom is 0.259 e. The Morgan fingerprint density at radius 1 is 1.50 bits per heavy atom. The minimum atomic E-state index is -0.261. The fraction of sp³-hybridized carbons (Fsp3) is 0.400. The molecule has 1 aromatic heterocycles. The van der Waals surface area contributed by atoms with Gasteiger partial charge in [0.25, 0.3) is 5.56 Å². The van der Waals surface area contributed by atoms with Gasteiger partial charge in [0.2, 0.25) is 0 Å². The van der Waals surface area contributed by atoms with Crippen LogP contribution in [0, 0.1) is 5.92 Å². The first kappa shape index (κ1) is 13.6. The standard InChI is InChI=1S/C15H17ClN2O2/c1-8(17)13-6-11-10(3-2-4-12(11)16)15(20)18(13)14-5-9(14)7-19/h2-4,6,8-9,14,19H,5,7,17H2,1H3. The second kappa shape index (κ2) is 4.88. The number of benzene rings is 1. The van der Waals surface area contributed by atoms with Crippen molar-refractivity contribution in [2.75, 3.05) is 6.61 Å². The van der Waals surface area contributed by atoms with Gasteiger partial charge in [0.05, 0.1) is 0 Å². The molecule has 1 heterocycles. The normalized spacial score (nSPS) is 23.0. The van der Waals surface area contributed by atoms with Crippen molar-refractivity contribution in [3.63, 3.8) is 0 Å². The lowest BCUT2D eigenvalue weighted by molar-refractivity contribution is 0.268. The van der Waals surface area contributed by atoms with Crippen LogP contribution in [0.15, 0.2) is 29.1 Å². The summed E-state index contributed by atoms with van der Waals surface area (Å²) < 4.78 is 1.74. The molecule has 3 N–H and O–H groups in total. The maximum absolute atomic E-state index is 12.7. The first-order chi connectivity index (χ1) is 9.54. The summed E-state index contributed by atoms with van der Waals surface area (Å²) in [6.45, 7) is 1.95. The van der Waals surface area contributed by atoms with E-state index >= 15 is 0 Å². The molecule has 0 amide bonds. The summed E-state index contributed by atoms with van der Waals surface area (Å²) in [5, 5.41) is 11.1. The smallest absolute Gasteiger partial charge is 0.259 e. The zero-order valence-electron chi connectivity index (χ0n) is 11.2. The summed E-state index contributed by atoms with van der Waals surface area (Å²) in [6, 6.07) is 7.02. The van der Waals surface area contributed by atoms with Crippen molar-refractivity contribution in [2.24, 2.45) is 11.7 Å². The third-order valence-corrected chi connectivity index (χ3v) is 4.32. The van der Waals surface area contributed by atoms with Crippen LogP contribution in [0.25, 0.3) is 10.8 Å². The molecule has 1 saturated carbocycles. The molecule has 3 unspecified atom stereocenters. The molecule has 4 nitrogen and oxygen atoms in total. The molecule has 1 aliphatic rings. The van der Waals surface area contributed by atoms with E-state index in [0.29, 0.717) is 10.4 Å². The van der Waals surface area contributed by atoms with Crippen LogP contribution in [0.5, 0.6) is 0 Å². The van der Waals surface area contributed by atoms with Gasteiger partial charge in [-0.05, 0) is 31.5 Å². The Morgan fingerprint density at radius 3 is 2.85 bits per heavy atom. The van der Waals surface area contributed by atoms with Crippen LogP contribution in [0.3, 0.4) is 0 Å². The van der Waals surface area contributed by atoms with Gasteiger partial charge in [0, 0.05) is 46.1 Å². The van der Waals surface area contributed by atoms with E-state index in [-0.39, 0.29) is 30.2 Å². The highest BCUT2D eigenvalue weighted by Gasteiger charge is 2.40. The van der Waals surface area contributed by atoms with Crippen molar-refractivity contribution in [1.29, 1.82) is 0 Å². The van der Waals surface area contributed by atoms with E-state index in [0.717, 1.165) is 17.5 Å². The molecule has 0 radical (unpaired) electrons. The summed E-state index contributed by atoms with van der Waals surface area (Å²) in [5.41, 5.74) is 6.72. The van der Waals surface area contributed by atoms with Gasteiger partial charge in [0.1, 0.15) is 0 Å². The van der Waals surface area contributed by atoms with Crippen LogP contribution < -0.4 is 11.3 Å². The molecule has 1 fully saturated rings. The number of fused-ring (bicyclic) bond motifs is 1. The number of aliphatic hydroxyl groups is 1. The minimum absolute atomic E-state index is 0.0527. The average molecular weight is 293 g/mol. The van der Waals surface area contributed by atoms with Crippen LogP contribution in [0.2, 0.25) is 5.02 Å². The van der Waals surface area contributed by atoms with Gasteiger partial charge < -0.3 is 15.4 Å². The molecule has 1 aliphatic carbocycles. The Kier molecular flexibility index (Phi) is 3.32. The average Bonchev–Trinajstić information content (AvgIpc) is 3.18. The first-order valence-electron chi connectivity index (χ1n) is 6.74. The zero-order chi connectivity index (χ0) is 14.4. The van der Waals surface area contributed by atoms with Crippen LogP contribution in [-0.2, 0) is 0 Å². The van der Waals surface area contributed by atoms with Crippen molar-refractivity contribution in [2.45, 2.75) is 25.4 Å². The van der Waals surface area contributed by atoms with E-state index < -0.39 is 0 Å². The topological polar surface area (TPSA) is 68.2 Å². The van der Waals surface area contributed by atoms with Gasteiger partial charge in [0.15, 0.2) is 0 Å². The Bertz CT molecular complexity index is 724. The lowest BCUT2D eigenvalue weighted by atomic mass is 10.1. The van der Waals surface area contributed by atoms with Crippen LogP contribution in [-0.4, -0.2) is 16.3 Å². The monoisotopic (exact) mass is 292 g/mol. The summed E-state index contributed by atoms with van der Waals surface area (Å²) in [5.74, 6) is 0.154. The predicted molar refractivity (Wildman–Crippen MR) is 80.1 cm³/mol. The second-order valence-corrected chi connectivity index (χ2v) is 5.89. The minimum Gasteiger partial charge on any atom is -0.396 e. The van der Waals surface area contributed by atoms with Gasteiger partial charge >= 0.3 is 0 Å². The van der Waals surface area contributed by atoms with E-state index in [1.165, 1.54) is 0 Å². The number of rotatable bonds is 3. The van der Waals surface area contributed by atoms with Crippen molar-refractivity contribution in [3.8, 4) is 0 Å². The van der Waals surface area contributed by atoms with Crippen molar-refractivity contribution >= 4 is 22.4 Å². The van der Waals surface area contributed by atoms with Gasteiger partial charge in [-0.3, -0.25) is 4.79 Å². The van der Waals surface area contributed by atoms with Gasteiger partial charge in [-0.25, -0.2) is 0 Å². The number of hydrogen-bond donors (Lipinski definition) is 2. The Hall–Kier alpha value is -1.36. The van der Waals surface area contributed by atoms with Gasteiger partial charge in [-0.15, -0.1) is 0 Å². The molecular formula is C15H17ClN2O2. The highest BCUT2D eigenvalue weighted by Crippen LogP contribution is 2.43. The molecule has 2 aromatic rings. The Balaban J connectivity index is 2.30. The van der Waals surface area contributed by atoms with Crippen molar-refractivity contribution < 1.29 is 5.11 Å². The lowest BCUT2D eigenvalue weighted by Crippen LogP contribution is -2.27. The summed E-state index contributed by atoms with van der Waals surface area (Å²) in [4.78, 5) is 12.7. The van der Waals surface area contributed by atoms with E-state index in [4.69, 9.17) is 17.3 Å². The molecule has 5 heteroatoms. The van der Waals surface area contributed by atoms with Crippen LogP contribution >= 0.6 is 11.6 Å². The highest BCUT2D eigenvalue weighted by atomic mass is 35.5. The summed E-state index contributed by atoms with van der Waals surface area (Å²) >= 11 is 6.18. The summed E-state index contributed by atoms with van der Waals surface area (Å²) in [7, 11) is 0. The Morgan fingerprint density at radius 2 is 2.25 bits per heavy atom. The maximum atomic E-state index is 12.7. The van der Waals surface area contributed by atoms with E-state index in [1.807, 2.05) is 13.0 Å². The van der Waals surface area contributed by atoms with Crippen molar-refractivity contribution in [3.05, 3.63) is 45.3 Å². The molecule has 3 atom stereocenters. The molecule has 0 bridgehead atoms. The number of hydrogen-bond acceptors (Lipinski definition) is 3. The SMILES string of the molecule is CC(N)c1cc2c(Cl)cccc2c(=O)n1C1CC1CO. The lowest BCUT2D eigenvalue weighted by Gasteiger charge is -2.17. The first-order valence-corrected chi connectivity index (χ1v) is 7.12. The van der Waals surface area contributed by atoms with Crippen molar-refractivity contribution in [1.82, 2.24) is 4.57 Å². The Labute approximate surface area is 121 Å². The number of halogens is 1. The molecule has 0 spiro atoms. The molecule has 3 rings (SSSR count). The second-order valence-electron chi connectivity index (χ2n) is 5.48. The third-order valence-electron chi connectivity index (χ3n) is 3.99. The molecule has 0 saturated heterocycles. The van der Waals surface area contributed by atoms with E-state index in [2.05, 4.69) is 0 Å². The number of pyridine rings is 1. The van der Waals surface area contributed by atoms with Gasteiger partial charge in [-0.1, -0.05) is 17.7 Å². The molecule has 1 aromatic carbocycles. The van der Waals surface area contributed by atoms with Crippen LogP contribution in [0.4, 0.5) is 0 Å². The summed E-state index contributed by atoms with van der Waals surface area (Å²) in [6.07, 6.45) is 0.822. The number of aromatic nitrogens is 1. The number of nitrogens with zero attached hydrogens (tertiary/aromatic N) is 1.